The normalized spacial score (nSPS) is 23.0. The third kappa shape index (κ3) is 3.24. The Balaban J connectivity index is 1.46. The maximum Gasteiger partial charge on any atom is 0.282 e. The van der Waals surface area contributed by atoms with Crippen LogP contribution in [0.3, 0.4) is 0 Å². The van der Waals surface area contributed by atoms with Crippen LogP contribution in [-0.2, 0) is 18.2 Å². The number of nitrogens with one attached hydrogen (secondary N) is 1. The van der Waals surface area contributed by atoms with Crippen molar-refractivity contribution in [3.63, 3.8) is 0 Å². The van der Waals surface area contributed by atoms with Crippen molar-refractivity contribution in [1.29, 1.82) is 0 Å². The molecule has 6 rings (SSSR count). The molecule has 1 fully saturated rings. The lowest BCUT2D eigenvalue weighted by molar-refractivity contribution is -0.0501. The lowest BCUT2D eigenvalue weighted by atomic mass is 10.1. The molecule has 11 nitrogen and oxygen atoms in total. The van der Waals surface area contributed by atoms with Gasteiger partial charge in [-0.2, -0.15) is 4.98 Å². The summed E-state index contributed by atoms with van der Waals surface area (Å²) >= 11 is 0. The molecule has 0 spiro atoms. The molecule has 11 heteroatoms. The van der Waals surface area contributed by atoms with Crippen LogP contribution in [0.4, 0.5) is 17.6 Å². The van der Waals surface area contributed by atoms with E-state index in [-0.39, 0.29) is 23.1 Å². The van der Waals surface area contributed by atoms with E-state index in [1.807, 2.05) is 30.3 Å². The number of fused-ring (bicyclic) bond motifs is 4. The quantitative estimate of drug-likeness (QED) is 0.251. The lowest BCUT2D eigenvalue weighted by Crippen LogP contribution is -2.33. The largest absolute Gasteiger partial charge is 0.394 e. The van der Waals surface area contributed by atoms with E-state index in [9.17, 15) is 20.1 Å². The molecule has 0 saturated carbocycles. The number of nitrogens with two attached hydrogens (primary N) is 1. The van der Waals surface area contributed by atoms with Gasteiger partial charge < -0.3 is 31.1 Å². The Labute approximate surface area is 199 Å². The fraction of sp³-hybridized carbons (Fsp3) is 0.292. The molecule has 0 radical (unpaired) electrons. The summed E-state index contributed by atoms with van der Waals surface area (Å²) < 4.78 is 8.31. The van der Waals surface area contributed by atoms with Crippen LogP contribution in [0.5, 0.6) is 0 Å². The van der Waals surface area contributed by atoms with E-state index >= 15 is 0 Å². The summed E-state index contributed by atoms with van der Waals surface area (Å²) in [5.41, 5.74) is 11.1. The third-order valence-corrected chi connectivity index (χ3v) is 6.78. The van der Waals surface area contributed by atoms with Crippen molar-refractivity contribution in [3.05, 3.63) is 63.9 Å². The summed E-state index contributed by atoms with van der Waals surface area (Å²) in [6, 6.07) is 14.2. The molecule has 3 heterocycles. The molecule has 0 bridgehead atoms. The highest BCUT2D eigenvalue weighted by atomic mass is 16.6. The molecule has 1 saturated heterocycles. The number of benzene rings is 2. The molecular weight excluding hydrogens is 452 g/mol. The number of imidazole rings is 1. The predicted molar refractivity (Wildman–Crippen MR) is 128 cm³/mol. The number of ether oxygens (including phenoxy) is 1. The van der Waals surface area contributed by atoms with Crippen LogP contribution >= 0.6 is 0 Å². The van der Waals surface area contributed by atoms with Gasteiger partial charge in [-0.1, -0.05) is 30.3 Å². The van der Waals surface area contributed by atoms with Crippen LogP contribution in [0.25, 0.3) is 22.3 Å². The number of nitrogens with zero attached hydrogens (tertiary/aromatic N) is 4. The van der Waals surface area contributed by atoms with Crippen molar-refractivity contribution in [2.45, 2.75) is 31.0 Å². The summed E-state index contributed by atoms with van der Waals surface area (Å²) in [5, 5.41) is 33.8. The first kappa shape index (κ1) is 21.7. The molecule has 6 N–H and O–H groups in total. The molecule has 0 unspecified atom stereocenters. The van der Waals surface area contributed by atoms with E-state index in [2.05, 4.69) is 27.4 Å². The van der Waals surface area contributed by atoms with E-state index in [0.29, 0.717) is 5.69 Å². The molecule has 2 aromatic carbocycles. The number of rotatable bonds is 4. The second-order valence-corrected chi connectivity index (χ2v) is 8.87. The third-order valence-electron chi connectivity index (χ3n) is 6.78. The average molecular weight is 476 g/mol. The molecule has 2 aromatic heterocycles. The van der Waals surface area contributed by atoms with Crippen LogP contribution in [0.15, 0.2) is 47.3 Å². The monoisotopic (exact) mass is 476 g/mol. The molecule has 2 aliphatic rings. The number of anilines is 3. The van der Waals surface area contributed by atoms with Gasteiger partial charge in [0.25, 0.3) is 5.56 Å². The van der Waals surface area contributed by atoms with E-state index in [1.165, 1.54) is 27.3 Å². The zero-order chi connectivity index (χ0) is 24.4. The van der Waals surface area contributed by atoms with Gasteiger partial charge in [0.2, 0.25) is 11.9 Å². The standard InChI is InChI=1S/C24H24N6O5/c1-29-21(34)17-20(28-23(29)25)30(22-19(33)18(32)16(10-31)35-22)24(27-17)26-13-6-7-15-12(9-13)8-11-4-2-3-5-14(11)15/h2-7,9,16,18-19,22,31-33H,8,10H2,1H3,(H2,25,28)(H,26,27)/t16-,18-,19-,22-/m1/s1. The second-order valence-electron chi connectivity index (χ2n) is 8.87. The Morgan fingerprint density at radius 3 is 2.66 bits per heavy atom. The highest BCUT2D eigenvalue weighted by Gasteiger charge is 2.45. The number of aromatic nitrogens is 4. The van der Waals surface area contributed by atoms with Crippen molar-refractivity contribution < 1.29 is 20.1 Å². The zero-order valence-electron chi connectivity index (χ0n) is 18.8. The van der Waals surface area contributed by atoms with Gasteiger partial charge in [0.05, 0.1) is 6.61 Å². The fourth-order valence-electron chi connectivity index (χ4n) is 4.90. The molecule has 0 amide bonds. The molecule has 1 aliphatic heterocycles. The number of nitrogen functional groups attached to an aromatic ring is 1. The number of hydrogen-bond donors (Lipinski definition) is 5. The first-order valence-electron chi connectivity index (χ1n) is 11.2. The van der Waals surface area contributed by atoms with Gasteiger partial charge in [0, 0.05) is 12.7 Å². The molecular formula is C24H24N6O5. The SMILES string of the molecule is Cn1c(N)nc2c(nc(Nc3ccc4c(c3)Cc3ccccc3-4)n2[C@@H]2O[C@H](CO)[C@@H](O)[C@H]2O)c1=O. The summed E-state index contributed by atoms with van der Waals surface area (Å²) in [6.45, 7) is -0.493. The van der Waals surface area contributed by atoms with Crippen molar-refractivity contribution in [1.82, 2.24) is 19.1 Å². The molecule has 180 valence electrons. The van der Waals surface area contributed by atoms with Gasteiger partial charge in [-0.3, -0.25) is 13.9 Å². The summed E-state index contributed by atoms with van der Waals surface area (Å²) in [5.74, 6) is 0.137. The maximum atomic E-state index is 12.9. The number of aliphatic hydroxyl groups excluding tert-OH is 3. The Morgan fingerprint density at radius 1 is 1.11 bits per heavy atom. The van der Waals surface area contributed by atoms with E-state index in [0.717, 1.165) is 17.5 Å². The fourth-order valence-corrected chi connectivity index (χ4v) is 4.90. The van der Waals surface area contributed by atoms with Gasteiger partial charge in [-0.15, -0.1) is 0 Å². The van der Waals surface area contributed by atoms with Crippen LogP contribution < -0.4 is 16.6 Å². The Morgan fingerprint density at radius 2 is 1.89 bits per heavy atom. The molecule has 4 aromatic rings. The highest BCUT2D eigenvalue weighted by molar-refractivity contribution is 5.80. The average Bonchev–Trinajstić information content (AvgIpc) is 3.49. The first-order chi connectivity index (χ1) is 16.9. The van der Waals surface area contributed by atoms with E-state index in [4.69, 9.17) is 10.5 Å². The van der Waals surface area contributed by atoms with Crippen LogP contribution in [0.1, 0.15) is 17.4 Å². The van der Waals surface area contributed by atoms with E-state index in [1.54, 1.807) is 0 Å². The van der Waals surface area contributed by atoms with Crippen LogP contribution in [0.2, 0.25) is 0 Å². The second kappa shape index (κ2) is 7.89. The van der Waals surface area contributed by atoms with Gasteiger partial charge in [0.1, 0.15) is 18.3 Å². The van der Waals surface area contributed by atoms with Crippen LogP contribution in [0, 0.1) is 0 Å². The summed E-state index contributed by atoms with van der Waals surface area (Å²) in [6.07, 6.45) is -4.11. The van der Waals surface area contributed by atoms with Crippen molar-refractivity contribution in [3.8, 4) is 11.1 Å². The lowest BCUT2D eigenvalue weighted by Gasteiger charge is -2.20. The number of aliphatic hydroxyl groups is 3. The first-order valence-corrected chi connectivity index (χ1v) is 11.2. The highest BCUT2D eigenvalue weighted by Crippen LogP contribution is 2.39. The smallest absolute Gasteiger partial charge is 0.282 e. The number of hydrogen-bond acceptors (Lipinski definition) is 9. The minimum absolute atomic E-state index is 0.0236. The Bertz CT molecular complexity index is 1530. The van der Waals surface area contributed by atoms with Gasteiger partial charge in [-0.05, 0) is 40.8 Å². The molecule has 1 aliphatic carbocycles. The van der Waals surface area contributed by atoms with Crippen LogP contribution in [-0.4, -0.2) is 59.3 Å². The minimum atomic E-state index is -1.40. The molecule has 4 atom stereocenters. The Kier molecular flexibility index (Phi) is 4.90. The Hall–Kier alpha value is -3.77. The zero-order valence-corrected chi connectivity index (χ0v) is 18.8. The summed E-state index contributed by atoms with van der Waals surface area (Å²) in [4.78, 5) is 21.6. The van der Waals surface area contributed by atoms with Crippen molar-refractivity contribution in [2.75, 3.05) is 17.7 Å². The van der Waals surface area contributed by atoms with Crippen molar-refractivity contribution >= 4 is 28.7 Å². The van der Waals surface area contributed by atoms with Gasteiger partial charge >= 0.3 is 0 Å². The summed E-state index contributed by atoms with van der Waals surface area (Å²) in [7, 11) is 1.49. The van der Waals surface area contributed by atoms with Gasteiger partial charge in [-0.25, -0.2) is 4.98 Å². The maximum absolute atomic E-state index is 12.9. The molecule has 35 heavy (non-hydrogen) atoms. The predicted octanol–water partition coefficient (Wildman–Crippen LogP) is 0.638. The van der Waals surface area contributed by atoms with Crippen molar-refractivity contribution in [2.24, 2.45) is 7.05 Å². The van der Waals surface area contributed by atoms with Gasteiger partial charge in [0.15, 0.2) is 17.4 Å². The van der Waals surface area contributed by atoms with E-state index < -0.39 is 36.7 Å². The topological polar surface area (TPSA) is 161 Å². The minimum Gasteiger partial charge on any atom is -0.394 e.